The first-order chi connectivity index (χ1) is 7.71. The molecule has 94 valence electrons. The van der Waals surface area contributed by atoms with Crippen molar-refractivity contribution in [2.24, 2.45) is 0 Å². The summed E-state index contributed by atoms with van der Waals surface area (Å²) in [5, 5.41) is 10.2. The first kappa shape index (κ1) is 13.6. The Bertz CT molecular complexity index is 379. The molecule has 0 saturated heterocycles. The highest BCUT2D eigenvalue weighted by Gasteiger charge is 2.30. The SMILES string of the molecule is CC(C)(C)OC(=O)CC(C)(O)c1ccccn1. The number of rotatable bonds is 3. The molecule has 1 aromatic rings. The largest absolute Gasteiger partial charge is 0.460 e. The number of esters is 1. The third-order valence-corrected chi connectivity index (χ3v) is 2.13. The van der Waals surface area contributed by atoms with Crippen molar-refractivity contribution in [2.75, 3.05) is 0 Å². The topological polar surface area (TPSA) is 59.4 Å². The van der Waals surface area contributed by atoms with E-state index < -0.39 is 17.2 Å². The van der Waals surface area contributed by atoms with Crippen LogP contribution < -0.4 is 0 Å². The van der Waals surface area contributed by atoms with Gasteiger partial charge in [-0.3, -0.25) is 9.78 Å². The lowest BCUT2D eigenvalue weighted by Gasteiger charge is -2.25. The van der Waals surface area contributed by atoms with Crippen LogP contribution in [0.15, 0.2) is 24.4 Å². The predicted octanol–water partition coefficient (Wildman–Crippen LogP) is 2.02. The molecule has 4 nitrogen and oxygen atoms in total. The predicted molar refractivity (Wildman–Crippen MR) is 64.3 cm³/mol. The maximum Gasteiger partial charge on any atom is 0.309 e. The zero-order valence-corrected chi connectivity index (χ0v) is 10.7. The van der Waals surface area contributed by atoms with Crippen LogP contribution in [-0.4, -0.2) is 21.7 Å². The van der Waals surface area contributed by atoms with Gasteiger partial charge in [0.25, 0.3) is 0 Å². The van der Waals surface area contributed by atoms with E-state index in [1.807, 2.05) is 0 Å². The Morgan fingerprint density at radius 2 is 2.00 bits per heavy atom. The van der Waals surface area contributed by atoms with Gasteiger partial charge in [-0.25, -0.2) is 0 Å². The molecule has 1 N–H and O–H groups in total. The van der Waals surface area contributed by atoms with E-state index in [2.05, 4.69) is 4.98 Å². The van der Waals surface area contributed by atoms with Crippen LogP contribution >= 0.6 is 0 Å². The van der Waals surface area contributed by atoms with Crippen molar-refractivity contribution < 1.29 is 14.6 Å². The van der Waals surface area contributed by atoms with E-state index in [0.29, 0.717) is 5.69 Å². The van der Waals surface area contributed by atoms with Crippen LogP contribution in [0.4, 0.5) is 0 Å². The Hall–Kier alpha value is -1.42. The van der Waals surface area contributed by atoms with Gasteiger partial charge in [0.15, 0.2) is 0 Å². The van der Waals surface area contributed by atoms with Crippen molar-refractivity contribution in [1.82, 2.24) is 4.98 Å². The maximum absolute atomic E-state index is 11.6. The van der Waals surface area contributed by atoms with Gasteiger partial charge in [0.05, 0.1) is 12.1 Å². The van der Waals surface area contributed by atoms with E-state index in [4.69, 9.17) is 4.74 Å². The lowest BCUT2D eigenvalue weighted by atomic mass is 9.97. The summed E-state index contributed by atoms with van der Waals surface area (Å²) in [7, 11) is 0. The minimum atomic E-state index is -1.30. The number of pyridine rings is 1. The third kappa shape index (κ3) is 4.53. The second-order valence-corrected chi connectivity index (χ2v) is 5.25. The molecule has 0 aliphatic heterocycles. The van der Waals surface area contributed by atoms with E-state index in [0.717, 1.165) is 0 Å². The molecule has 0 bridgehead atoms. The molecule has 0 fully saturated rings. The van der Waals surface area contributed by atoms with Crippen LogP contribution in [0.1, 0.15) is 39.8 Å². The molecule has 4 heteroatoms. The van der Waals surface area contributed by atoms with Crippen molar-refractivity contribution in [3.05, 3.63) is 30.1 Å². The number of carbonyl (C=O) groups excluding carboxylic acids is 1. The van der Waals surface area contributed by atoms with Crippen LogP contribution in [0.2, 0.25) is 0 Å². The number of nitrogens with zero attached hydrogens (tertiary/aromatic N) is 1. The minimum Gasteiger partial charge on any atom is -0.460 e. The molecule has 0 aliphatic carbocycles. The lowest BCUT2D eigenvalue weighted by Crippen LogP contribution is -2.31. The number of carbonyl (C=O) groups is 1. The first-order valence-electron chi connectivity index (χ1n) is 5.56. The van der Waals surface area contributed by atoms with Gasteiger partial charge in [0, 0.05) is 6.20 Å². The van der Waals surface area contributed by atoms with Crippen molar-refractivity contribution in [1.29, 1.82) is 0 Å². The van der Waals surface area contributed by atoms with Gasteiger partial charge in [-0.05, 0) is 39.8 Å². The Kier molecular flexibility index (Phi) is 3.88. The molecule has 0 aromatic carbocycles. The van der Waals surface area contributed by atoms with E-state index in [1.165, 1.54) is 0 Å². The highest BCUT2D eigenvalue weighted by molar-refractivity contribution is 5.71. The Labute approximate surface area is 102 Å². The highest BCUT2D eigenvalue weighted by Crippen LogP contribution is 2.23. The van der Waals surface area contributed by atoms with E-state index in [-0.39, 0.29) is 6.42 Å². The second kappa shape index (κ2) is 4.84. The lowest BCUT2D eigenvalue weighted by molar-refractivity contribution is -0.160. The molecule has 0 radical (unpaired) electrons. The normalized spacial score (nSPS) is 15.1. The van der Waals surface area contributed by atoms with Gasteiger partial charge in [-0.1, -0.05) is 6.07 Å². The van der Waals surface area contributed by atoms with E-state index in [9.17, 15) is 9.90 Å². The minimum absolute atomic E-state index is 0.110. The molecule has 0 saturated carbocycles. The van der Waals surface area contributed by atoms with Gasteiger partial charge < -0.3 is 9.84 Å². The van der Waals surface area contributed by atoms with Crippen molar-refractivity contribution in [3.8, 4) is 0 Å². The Morgan fingerprint density at radius 3 is 2.47 bits per heavy atom. The first-order valence-corrected chi connectivity index (χ1v) is 5.56. The van der Waals surface area contributed by atoms with Gasteiger partial charge >= 0.3 is 5.97 Å². The van der Waals surface area contributed by atoms with Crippen molar-refractivity contribution in [2.45, 2.75) is 45.3 Å². The summed E-state index contributed by atoms with van der Waals surface area (Å²) >= 11 is 0. The van der Waals surface area contributed by atoms with Crippen LogP contribution in [0.3, 0.4) is 0 Å². The van der Waals surface area contributed by atoms with Gasteiger partial charge in [0.1, 0.15) is 11.2 Å². The Morgan fingerprint density at radius 1 is 1.35 bits per heavy atom. The second-order valence-electron chi connectivity index (χ2n) is 5.25. The van der Waals surface area contributed by atoms with Crippen LogP contribution in [0.25, 0.3) is 0 Å². The number of hydrogen-bond donors (Lipinski definition) is 1. The molecule has 1 atom stereocenters. The van der Waals surface area contributed by atoms with Gasteiger partial charge in [-0.2, -0.15) is 0 Å². The van der Waals surface area contributed by atoms with Gasteiger partial charge in [-0.15, -0.1) is 0 Å². The fourth-order valence-electron chi connectivity index (χ4n) is 1.43. The number of hydrogen-bond acceptors (Lipinski definition) is 4. The molecular formula is C13H19NO3. The third-order valence-electron chi connectivity index (χ3n) is 2.13. The number of aromatic nitrogens is 1. The molecule has 0 aliphatic rings. The Balaban J connectivity index is 2.71. The fraction of sp³-hybridized carbons (Fsp3) is 0.538. The van der Waals surface area contributed by atoms with Crippen molar-refractivity contribution >= 4 is 5.97 Å². The zero-order chi connectivity index (χ0) is 13.1. The number of aliphatic hydroxyl groups is 1. The summed E-state index contributed by atoms with van der Waals surface area (Å²) in [5.74, 6) is -0.437. The molecule has 1 rings (SSSR count). The van der Waals surface area contributed by atoms with Crippen LogP contribution in [0, 0.1) is 0 Å². The fourth-order valence-corrected chi connectivity index (χ4v) is 1.43. The van der Waals surface area contributed by atoms with Gasteiger partial charge in [0.2, 0.25) is 0 Å². The van der Waals surface area contributed by atoms with E-state index >= 15 is 0 Å². The van der Waals surface area contributed by atoms with Crippen molar-refractivity contribution in [3.63, 3.8) is 0 Å². The monoisotopic (exact) mass is 237 g/mol. The molecule has 1 aromatic heterocycles. The summed E-state index contributed by atoms with van der Waals surface area (Å²) < 4.78 is 5.17. The highest BCUT2D eigenvalue weighted by atomic mass is 16.6. The van der Waals surface area contributed by atoms with E-state index in [1.54, 1.807) is 52.1 Å². The zero-order valence-electron chi connectivity index (χ0n) is 10.7. The molecule has 1 unspecified atom stereocenters. The summed E-state index contributed by atoms with van der Waals surface area (Å²) in [4.78, 5) is 15.7. The summed E-state index contributed by atoms with van der Waals surface area (Å²) in [6, 6.07) is 5.21. The summed E-state index contributed by atoms with van der Waals surface area (Å²) in [6.07, 6.45) is 1.47. The molecule has 17 heavy (non-hydrogen) atoms. The quantitative estimate of drug-likeness (QED) is 0.817. The standard InChI is InChI=1S/C13H19NO3/c1-12(2,3)17-11(15)9-13(4,16)10-7-5-6-8-14-10/h5-8,16H,9H2,1-4H3. The average molecular weight is 237 g/mol. The average Bonchev–Trinajstić information content (AvgIpc) is 2.15. The maximum atomic E-state index is 11.6. The van der Waals surface area contributed by atoms with Crippen LogP contribution in [-0.2, 0) is 15.1 Å². The summed E-state index contributed by atoms with van der Waals surface area (Å²) in [6.45, 7) is 6.93. The smallest absolute Gasteiger partial charge is 0.309 e. The van der Waals surface area contributed by atoms with Crippen LogP contribution in [0.5, 0.6) is 0 Å². The number of ether oxygens (including phenoxy) is 1. The molecule has 1 heterocycles. The molecule has 0 spiro atoms. The summed E-state index contributed by atoms with van der Waals surface area (Å²) in [5.41, 5.74) is -1.38. The molecular weight excluding hydrogens is 218 g/mol. The molecule has 0 amide bonds.